The van der Waals surface area contributed by atoms with E-state index in [2.05, 4.69) is 15.6 Å². The molecule has 0 aliphatic carbocycles. The Balaban J connectivity index is 1.83. The molecule has 1 heterocycles. The number of thioether (sulfide) groups is 1. The minimum atomic E-state index is -1.10. The van der Waals surface area contributed by atoms with Crippen LogP contribution in [-0.4, -0.2) is 58.5 Å². The summed E-state index contributed by atoms with van der Waals surface area (Å²) >= 11 is 1.50. The van der Waals surface area contributed by atoms with E-state index in [-0.39, 0.29) is 6.54 Å². The van der Waals surface area contributed by atoms with Gasteiger partial charge in [-0.3, -0.25) is 9.59 Å². The van der Waals surface area contributed by atoms with E-state index < -0.39 is 29.9 Å². The van der Waals surface area contributed by atoms with Gasteiger partial charge in [-0.25, -0.2) is 4.79 Å². The van der Waals surface area contributed by atoms with Gasteiger partial charge >= 0.3 is 5.97 Å². The number of carbonyl (C=O) groups excluding carboxylic acids is 2. The standard InChI is InChI=1S/C18H24N4O4S/c1-27-7-6-15(18(25)26)22-16(23)10-21-17(24)13(19)8-11-9-20-14-5-3-2-4-12(11)14/h2-5,9,13,15,20H,6-8,10,19H2,1H3,(H,21,24)(H,22,23)(H,25,26). The van der Waals surface area contributed by atoms with E-state index in [9.17, 15) is 14.4 Å². The average Bonchev–Trinajstić information content (AvgIpc) is 3.05. The van der Waals surface area contributed by atoms with Gasteiger partial charge in [0.05, 0.1) is 12.6 Å². The molecule has 27 heavy (non-hydrogen) atoms. The predicted octanol–water partition coefficient (Wildman–Crippen LogP) is 0.476. The van der Waals surface area contributed by atoms with Crippen LogP contribution in [0.4, 0.5) is 0 Å². The first kappa shape index (κ1) is 20.8. The van der Waals surface area contributed by atoms with E-state index in [0.29, 0.717) is 18.6 Å². The number of rotatable bonds is 10. The van der Waals surface area contributed by atoms with Crippen molar-refractivity contribution in [2.75, 3.05) is 18.6 Å². The molecular formula is C18H24N4O4S. The summed E-state index contributed by atoms with van der Waals surface area (Å²) in [5.74, 6) is -1.51. The molecule has 0 bridgehead atoms. The molecule has 0 spiro atoms. The number of aromatic amines is 1. The number of aliphatic carboxylic acids is 1. The first-order valence-electron chi connectivity index (χ1n) is 8.51. The quantitative estimate of drug-likeness (QED) is 0.399. The minimum absolute atomic E-state index is 0.316. The zero-order valence-corrected chi connectivity index (χ0v) is 15.8. The maximum absolute atomic E-state index is 12.2. The summed E-state index contributed by atoms with van der Waals surface area (Å²) in [5.41, 5.74) is 7.83. The first-order chi connectivity index (χ1) is 12.9. The number of benzene rings is 1. The van der Waals surface area contributed by atoms with E-state index >= 15 is 0 Å². The third-order valence-electron chi connectivity index (χ3n) is 4.12. The molecule has 0 saturated carbocycles. The topological polar surface area (TPSA) is 137 Å². The highest BCUT2D eigenvalue weighted by Gasteiger charge is 2.21. The van der Waals surface area contributed by atoms with Crippen LogP contribution in [0.15, 0.2) is 30.5 Å². The highest BCUT2D eigenvalue weighted by atomic mass is 32.2. The van der Waals surface area contributed by atoms with Gasteiger partial charge in [-0.1, -0.05) is 18.2 Å². The first-order valence-corrected chi connectivity index (χ1v) is 9.91. The number of carboxylic acid groups (broad SMARTS) is 1. The molecule has 9 heteroatoms. The van der Waals surface area contributed by atoms with Crippen molar-refractivity contribution in [1.29, 1.82) is 0 Å². The SMILES string of the molecule is CSCCC(NC(=O)CNC(=O)C(N)Cc1c[nH]c2ccccc12)C(=O)O. The highest BCUT2D eigenvalue weighted by Crippen LogP contribution is 2.18. The van der Waals surface area contributed by atoms with Gasteiger partial charge in [0, 0.05) is 17.1 Å². The number of para-hydroxylation sites is 1. The molecule has 6 N–H and O–H groups in total. The largest absolute Gasteiger partial charge is 0.480 e. The van der Waals surface area contributed by atoms with Gasteiger partial charge in [-0.05, 0) is 36.5 Å². The lowest BCUT2D eigenvalue weighted by Gasteiger charge is -2.15. The molecule has 8 nitrogen and oxygen atoms in total. The smallest absolute Gasteiger partial charge is 0.326 e. The second-order valence-corrected chi connectivity index (χ2v) is 7.11. The third-order valence-corrected chi connectivity index (χ3v) is 4.76. The third kappa shape index (κ3) is 6.00. The lowest BCUT2D eigenvalue weighted by atomic mass is 10.1. The zero-order valence-electron chi connectivity index (χ0n) is 15.0. The Bertz CT molecular complexity index is 808. The molecule has 2 unspecified atom stereocenters. The van der Waals surface area contributed by atoms with Crippen LogP contribution in [0.1, 0.15) is 12.0 Å². The second kappa shape index (κ2) is 9.98. The van der Waals surface area contributed by atoms with E-state index in [4.69, 9.17) is 10.8 Å². The molecule has 0 aliphatic heterocycles. The molecular weight excluding hydrogens is 368 g/mol. The lowest BCUT2D eigenvalue weighted by Crippen LogP contribution is -2.49. The maximum atomic E-state index is 12.2. The molecule has 2 amide bonds. The number of nitrogens with two attached hydrogens (primary N) is 1. The van der Waals surface area contributed by atoms with Crippen molar-refractivity contribution in [3.63, 3.8) is 0 Å². The molecule has 0 aliphatic rings. The summed E-state index contributed by atoms with van der Waals surface area (Å²) in [7, 11) is 0. The van der Waals surface area contributed by atoms with Crippen LogP contribution in [0.2, 0.25) is 0 Å². The lowest BCUT2D eigenvalue weighted by molar-refractivity contribution is -0.141. The van der Waals surface area contributed by atoms with Crippen molar-refractivity contribution in [2.45, 2.75) is 24.9 Å². The number of H-pyrrole nitrogens is 1. The average molecular weight is 392 g/mol. The summed E-state index contributed by atoms with van der Waals surface area (Å²) in [6.45, 7) is -0.316. The summed E-state index contributed by atoms with van der Waals surface area (Å²) in [5, 5.41) is 15.0. The summed E-state index contributed by atoms with van der Waals surface area (Å²) in [6.07, 6.45) is 4.31. The van der Waals surface area contributed by atoms with Gasteiger partial charge < -0.3 is 26.5 Å². The highest BCUT2D eigenvalue weighted by molar-refractivity contribution is 7.98. The van der Waals surface area contributed by atoms with E-state index in [1.807, 2.05) is 36.7 Å². The predicted molar refractivity (Wildman–Crippen MR) is 106 cm³/mol. The Labute approximate surface area is 161 Å². The Morgan fingerprint density at radius 3 is 2.74 bits per heavy atom. The number of nitrogens with one attached hydrogen (secondary N) is 3. The fourth-order valence-corrected chi connectivity index (χ4v) is 3.14. The zero-order chi connectivity index (χ0) is 19.8. The van der Waals surface area contributed by atoms with Gasteiger partial charge in [0.15, 0.2) is 0 Å². The normalized spacial score (nSPS) is 13.1. The van der Waals surface area contributed by atoms with Crippen LogP contribution in [0, 0.1) is 0 Å². The number of hydrogen-bond donors (Lipinski definition) is 5. The van der Waals surface area contributed by atoms with Crippen molar-refractivity contribution in [3.8, 4) is 0 Å². The molecule has 0 fully saturated rings. The molecule has 0 saturated heterocycles. The Morgan fingerprint density at radius 2 is 2.04 bits per heavy atom. The number of fused-ring (bicyclic) bond motifs is 1. The fraction of sp³-hybridized carbons (Fsp3) is 0.389. The molecule has 1 aromatic carbocycles. The summed E-state index contributed by atoms with van der Waals surface area (Å²) < 4.78 is 0. The van der Waals surface area contributed by atoms with Crippen LogP contribution < -0.4 is 16.4 Å². The van der Waals surface area contributed by atoms with Crippen LogP contribution in [0.5, 0.6) is 0 Å². The summed E-state index contributed by atoms with van der Waals surface area (Å²) in [4.78, 5) is 38.3. The minimum Gasteiger partial charge on any atom is -0.480 e. The van der Waals surface area contributed by atoms with Crippen molar-refractivity contribution >= 4 is 40.4 Å². The van der Waals surface area contributed by atoms with E-state index in [0.717, 1.165) is 16.5 Å². The van der Waals surface area contributed by atoms with Crippen LogP contribution in [0.3, 0.4) is 0 Å². The molecule has 1 aromatic heterocycles. The van der Waals surface area contributed by atoms with E-state index in [1.54, 1.807) is 0 Å². The fourth-order valence-electron chi connectivity index (χ4n) is 2.67. The Kier molecular flexibility index (Phi) is 7.68. The van der Waals surface area contributed by atoms with Crippen molar-refractivity contribution in [2.24, 2.45) is 5.73 Å². The van der Waals surface area contributed by atoms with Crippen LogP contribution in [-0.2, 0) is 20.8 Å². The number of carbonyl (C=O) groups is 3. The van der Waals surface area contributed by atoms with Crippen LogP contribution in [0.25, 0.3) is 10.9 Å². The molecule has 2 rings (SSSR count). The number of amides is 2. The van der Waals surface area contributed by atoms with Gasteiger partial charge in [0.2, 0.25) is 11.8 Å². The van der Waals surface area contributed by atoms with Gasteiger partial charge in [-0.2, -0.15) is 11.8 Å². The summed E-state index contributed by atoms with van der Waals surface area (Å²) in [6, 6.07) is 5.92. The number of carboxylic acids is 1. The molecule has 2 aromatic rings. The second-order valence-electron chi connectivity index (χ2n) is 6.13. The Hall–Kier alpha value is -2.52. The van der Waals surface area contributed by atoms with Gasteiger partial charge in [-0.15, -0.1) is 0 Å². The van der Waals surface area contributed by atoms with Crippen molar-refractivity contribution in [1.82, 2.24) is 15.6 Å². The number of hydrogen-bond acceptors (Lipinski definition) is 5. The Morgan fingerprint density at radius 1 is 1.30 bits per heavy atom. The molecule has 2 atom stereocenters. The van der Waals surface area contributed by atoms with Gasteiger partial charge in [0.25, 0.3) is 0 Å². The monoisotopic (exact) mass is 392 g/mol. The maximum Gasteiger partial charge on any atom is 0.326 e. The molecule has 146 valence electrons. The van der Waals surface area contributed by atoms with Gasteiger partial charge in [0.1, 0.15) is 6.04 Å². The molecule has 0 radical (unpaired) electrons. The number of aromatic nitrogens is 1. The van der Waals surface area contributed by atoms with Crippen molar-refractivity contribution in [3.05, 3.63) is 36.0 Å². The van der Waals surface area contributed by atoms with E-state index in [1.165, 1.54) is 11.8 Å². The van der Waals surface area contributed by atoms with Crippen molar-refractivity contribution < 1.29 is 19.5 Å². The van der Waals surface area contributed by atoms with Crippen LogP contribution >= 0.6 is 11.8 Å².